The van der Waals surface area contributed by atoms with Gasteiger partial charge in [0.2, 0.25) is 0 Å². The first-order chi connectivity index (χ1) is 10.3. The number of aromatic amines is 1. The Bertz CT molecular complexity index is 535. The molecular formula is C15H21N3O3. The van der Waals surface area contributed by atoms with Crippen LogP contribution in [0, 0.1) is 0 Å². The average Bonchev–Trinajstić information content (AvgIpc) is 2.91. The summed E-state index contributed by atoms with van der Waals surface area (Å²) < 4.78 is 5.10. The van der Waals surface area contributed by atoms with Crippen molar-refractivity contribution in [2.45, 2.75) is 13.0 Å². The van der Waals surface area contributed by atoms with Gasteiger partial charge in [-0.05, 0) is 23.9 Å². The molecule has 6 heteroatoms. The van der Waals surface area contributed by atoms with Gasteiger partial charge in [0.15, 0.2) is 0 Å². The lowest BCUT2D eigenvalue weighted by Crippen LogP contribution is -2.36. The number of carbonyl (C=O) groups is 1. The SMILES string of the molecule is O=C(NCCCOCCO)NCc1cc2ccccc2[nH]1. The van der Waals surface area contributed by atoms with Crippen molar-refractivity contribution in [2.75, 3.05) is 26.4 Å². The highest BCUT2D eigenvalue weighted by atomic mass is 16.5. The van der Waals surface area contributed by atoms with Crippen LogP contribution in [-0.2, 0) is 11.3 Å². The Morgan fingerprint density at radius 3 is 2.90 bits per heavy atom. The Labute approximate surface area is 123 Å². The van der Waals surface area contributed by atoms with Crippen LogP contribution in [0.2, 0.25) is 0 Å². The highest BCUT2D eigenvalue weighted by Crippen LogP contribution is 2.14. The summed E-state index contributed by atoms with van der Waals surface area (Å²) in [6.07, 6.45) is 0.722. The molecule has 2 aromatic rings. The summed E-state index contributed by atoms with van der Waals surface area (Å²) in [7, 11) is 0. The minimum Gasteiger partial charge on any atom is -0.394 e. The summed E-state index contributed by atoms with van der Waals surface area (Å²) in [5.41, 5.74) is 2.04. The molecule has 21 heavy (non-hydrogen) atoms. The third kappa shape index (κ3) is 5.09. The fraction of sp³-hybridized carbons (Fsp3) is 0.400. The minimum absolute atomic E-state index is 0.0262. The van der Waals surface area contributed by atoms with Crippen molar-refractivity contribution in [1.29, 1.82) is 0 Å². The average molecular weight is 291 g/mol. The molecule has 0 bridgehead atoms. The first kappa shape index (κ1) is 15.3. The van der Waals surface area contributed by atoms with Gasteiger partial charge in [0.05, 0.1) is 19.8 Å². The van der Waals surface area contributed by atoms with Crippen molar-refractivity contribution < 1.29 is 14.6 Å². The van der Waals surface area contributed by atoms with Crippen LogP contribution in [0.25, 0.3) is 10.9 Å². The van der Waals surface area contributed by atoms with Crippen LogP contribution in [0.5, 0.6) is 0 Å². The summed E-state index contributed by atoms with van der Waals surface area (Å²) in [5, 5.41) is 15.2. The van der Waals surface area contributed by atoms with Crippen LogP contribution in [0.3, 0.4) is 0 Å². The van der Waals surface area contributed by atoms with E-state index in [0.717, 1.165) is 23.0 Å². The van der Waals surface area contributed by atoms with Gasteiger partial charge < -0.3 is 25.5 Å². The number of H-pyrrole nitrogens is 1. The van der Waals surface area contributed by atoms with Crippen molar-refractivity contribution in [1.82, 2.24) is 15.6 Å². The molecule has 0 aliphatic rings. The summed E-state index contributed by atoms with van der Waals surface area (Å²) >= 11 is 0. The number of urea groups is 1. The maximum absolute atomic E-state index is 11.6. The number of rotatable bonds is 8. The van der Waals surface area contributed by atoms with E-state index in [1.807, 2.05) is 30.3 Å². The van der Waals surface area contributed by atoms with Gasteiger partial charge in [-0.25, -0.2) is 4.79 Å². The van der Waals surface area contributed by atoms with E-state index in [-0.39, 0.29) is 12.6 Å². The lowest BCUT2D eigenvalue weighted by molar-refractivity contribution is 0.0910. The van der Waals surface area contributed by atoms with E-state index in [2.05, 4.69) is 15.6 Å². The Morgan fingerprint density at radius 1 is 1.24 bits per heavy atom. The summed E-state index contributed by atoms with van der Waals surface area (Å²) in [6, 6.07) is 9.82. The number of para-hydroxylation sites is 1. The highest BCUT2D eigenvalue weighted by Gasteiger charge is 2.02. The second-order valence-electron chi connectivity index (χ2n) is 4.68. The van der Waals surface area contributed by atoms with Gasteiger partial charge >= 0.3 is 6.03 Å². The standard InChI is InChI=1S/C15H21N3O3/c19-7-9-21-8-3-6-16-15(20)17-11-13-10-12-4-1-2-5-14(12)18-13/h1-2,4-5,10,18-19H,3,6-9,11H2,(H2,16,17,20). The number of benzene rings is 1. The van der Waals surface area contributed by atoms with Crippen LogP contribution < -0.4 is 10.6 Å². The molecule has 0 spiro atoms. The molecule has 1 aromatic carbocycles. The quantitative estimate of drug-likeness (QED) is 0.554. The molecule has 0 unspecified atom stereocenters. The van der Waals surface area contributed by atoms with Gasteiger partial charge in [0, 0.05) is 24.4 Å². The number of fused-ring (bicyclic) bond motifs is 1. The number of hydrogen-bond acceptors (Lipinski definition) is 3. The molecule has 2 amide bonds. The number of hydrogen-bond donors (Lipinski definition) is 4. The van der Waals surface area contributed by atoms with E-state index in [0.29, 0.717) is 26.3 Å². The normalized spacial score (nSPS) is 10.7. The lowest BCUT2D eigenvalue weighted by Gasteiger charge is -2.07. The van der Waals surface area contributed by atoms with Crippen LogP contribution in [-0.4, -0.2) is 42.5 Å². The molecule has 0 atom stereocenters. The Kier molecular flexibility index (Phi) is 6.05. The van der Waals surface area contributed by atoms with Crippen LogP contribution in [0.4, 0.5) is 4.79 Å². The largest absolute Gasteiger partial charge is 0.394 e. The molecule has 2 rings (SSSR count). The molecule has 1 aromatic heterocycles. The van der Waals surface area contributed by atoms with Crippen LogP contribution >= 0.6 is 0 Å². The molecule has 0 saturated carbocycles. The van der Waals surface area contributed by atoms with Crippen molar-refractivity contribution in [3.8, 4) is 0 Å². The monoisotopic (exact) mass is 291 g/mol. The first-order valence-corrected chi connectivity index (χ1v) is 7.06. The number of nitrogens with one attached hydrogen (secondary N) is 3. The van der Waals surface area contributed by atoms with Crippen LogP contribution in [0.1, 0.15) is 12.1 Å². The topological polar surface area (TPSA) is 86.4 Å². The second-order valence-corrected chi connectivity index (χ2v) is 4.68. The number of aliphatic hydroxyl groups excluding tert-OH is 1. The minimum atomic E-state index is -0.198. The zero-order valence-corrected chi connectivity index (χ0v) is 11.9. The number of amides is 2. The molecular weight excluding hydrogens is 270 g/mol. The molecule has 4 N–H and O–H groups in total. The van der Waals surface area contributed by atoms with Crippen molar-refractivity contribution in [2.24, 2.45) is 0 Å². The van der Waals surface area contributed by atoms with E-state index in [1.165, 1.54) is 0 Å². The highest BCUT2D eigenvalue weighted by molar-refractivity contribution is 5.80. The maximum Gasteiger partial charge on any atom is 0.315 e. The van der Waals surface area contributed by atoms with E-state index in [4.69, 9.17) is 9.84 Å². The fourth-order valence-corrected chi connectivity index (χ4v) is 2.01. The second kappa shape index (κ2) is 8.28. The van der Waals surface area contributed by atoms with E-state index in [9.17, 15) is 4.79 Å². The number of aliphatic hydroxyl groups is 1. The number of aromatic nitrogens is 1. The third-order valence-electron chi connectivity index (χ3n) is 3.01. The van der Waals surface area contributed by atoms with Crippen molar-refractivity contribution >= 4 is 16.9 Å². The molecule has 1 heterocycles. The zero-order chi connectivity index (χ0) is 14.9. The summed E-state index contributed by atoms with van der Waals surface area (Å²) in [4.78, 5) is 14.9. The molecule has 0 fully saturated rings. The van der Waals surface area contributed by atoms with Crippen molar-refractivity contribution in [3.05, 3.63) is 36.0 Å². The van der Waals surface area contributed by atoms with E-state index in [1.54, 1.807) is 0 Å². The van der Waals surface area contributed by atoms with Gasteiger partial charge in [-0.15, -0.1) is 0 Å². The Morgan fingerprint density at radius 2 is 2.10 bits per heavy atom. The molecule has 0 aliphatic heterocycles. The molecule has 0 radical (unpaired) electrons. The smallest absolute Gasteiger partial charge is 0.315 e. The number of ether oxygens (including phenoxy) is 1. The maximum atomic E-state index is 11.6. The summed E-state index contributed by atoms with van der Waals surface area (Å²) in [5.74, 6) is 0. The Hall–Kier alpha value is -2.05. The van der Waals surface area contributed by atoms with Gasteiger partial charge in [-0.3, -0.25) is 0 Å². The van der Waals surface area contributed by atoms with Gasteiger partial charge in [-0.1, -0.05) is 18.2 Å². The fourth-order valence-electron chi connectivity index (χ4n) is 2.01. The lowest BCUT2D eigenvalue weighted by atomic mass is 10.2. The predicted molar refractivity (Wildman–Crippen MR) is 81.1 cm³/mol. The van der Waals surface area contributed by atoms with E-state index < -0.39 is 0 Å². The van der Waals surface area contributed by atoms with Crippen molar-refractivity contribution in [3.63, 3.8) is 0 Å². The van der Waals surface area contributed by atoms with Crippen LogP contribution in [0.15, 0.2) is 30.3 Å². The predicted octanol–water partition coefficient (Wildman–Crippen LogP) is 1.37. The zero-order valence-electron chi connectivity index (χ0n) is 11.9. The number of carbonyl (C=O) groups excluding carboxylic acids is 1. The Balaban J connectivity index is 1.64. The summed E-state index contributed by atoms with van der Waals surface area (Å²) in [6.45, 7) is 1.90. The van der Waals surface area contributed by atoms with Gasteiger partial charge in [-0.2, -0.15) is 0 Å². The molecule has 0 aliphatic carbocycles. The molecule has 6 nitrogen and oxygen atoms in total. The van der Waals surface area contributed by atoms with E-state index >= 15 is 0 Å². The van der Waals surface area contributed by atoms with Gasteiger partial charge in [0.25, 0.3) is 0 Å². The third-order valence-corrected chi connectivity index (χ3v) is 3.01. The first-order valence-electron chi connectivity index (χ1n) is 7.06. The van der Waals surface area contributed by atoms with Gasteiger partial charge in [0.1, 0.15) is 0 Å². The molecule has 114 valence electrons. The molecule has 0 saturated heterocycles.